The second kappa shape index (κ2) is 8.10. The molecule has 0 fully saturated rings. The van der Waals surface area contributed by atoms with Crippen LogP contribution >= 0.6 is 11.8 Å². The fourth-order valence-corrected chi connectivity index (χ4v) is 2.97. The highest BCUT2D eigenvalue weighted by atomic mass is 32.2. The van der Waals surface area contributed by atoms with Crippen LogP contribution in [0.1, 0.15) is 36.8 Å². The Morgan fingerprint density at radius 3 is 2.67 bits per heavy atom. The Balaban J connectivity index is 1.99. The van der Waals surface area contributed by atoms with Crippen LogP contribution in [0.4, 0.5) is 0 Å². The van der Waals surface area contributed by atoms with Gasteiger partial charge in [0.2, 0.25) is 0 Å². The molecular formula is C16H22N2O2S. The summed E-state index contributed by atoms with van der Waals surface area (Å²) >= 11 is 1.65. The number of ether oxygens (including phenoxy) is 1. The Labute approximate surface area is 130 Å². The van der Waals surface area contributed by atoms with Crippen LogP contribution in [0.15, 0.2) is 29.3 Å². The van der Waals surface area contributed by atoms with Crippen LogP contribution in [-0.4, -0.2) is 22.2 Å². The standard InChI is InChI=1S/C16H22N2O2S/c1-3-4-5-15-17-14(10-19)16(18-15)21-11-12-6-8-13(20-2)9-7-12/h6-9,19H,3-5,10-11H2,1-2H3,(H,17,18). The Hall–Kier alpha value is -1.46. The van der Waals surface area contributed by atoms with Crippen LogP contribution in [-0.2, 0) is 18.8 Å². The van der Waals surface area contributed by atoms with Crippen molar-refractivity contribution in [1.82, 2.24) is 9.97 Å². The van der Waals surface area contributed by atoms with Crippen LogP contribution in [0, 0.1) is 0 Å². The Morgan fingerprint density at radius 2 is 2.05 bits per heavy atom. The van der Waals surface area contributed by atoms with Gasteiger partial charge in [-0.2, -0.15) is 0 Å². The number of benzene rings is 1. The summed E-state index contributed by atoms with van der Waals surface area (Å²) in [5, 5.41) is 10.3. The summed E-state index contributed by atoms with van der Waals surface area (Å²) in [5.74, 6) is 2.66. The summed E-state index contributed by atoms with van der Waals surface area (Å²) < 4.78 is 5.15. The minimum absolute atomic E-state index is 0.00404. The summed E-state index contributed by atoms with van der Waals surface area (Å²) in [5.41, 5.74) is 2.03. The number of aryl methyl sites for hydroxylation is 1. The maximum Gasteiger partial charge on any atom is 0.120 e. The molecule has 5 heteroatoms. The lowest BCUT2D eigenvalue weighted by Gasteiger charge is -2.03. The number of aliphatic hydroxyl groups is 1. The lowest BCUT2D eigenvalue weighted by Crippen LogP contribution is -1.88. The van der Waals surface area contributed by atoms with E-state index < -0.39 is 0 Å². The van der Waals surface area contributed by atoms with Crippen molar-refractivity contribution in [1.29, 1.82) is 0 Å². The van der Waals surface area contributed by atoms with Crippen molar-refractivity contribution < 1.29 is 9.84 Å². The van der Waals surface area contributed by atoms with Gasteiger partial charge in [-0.3, -0.25) is 0 Å². The maximum absolute atomic E-state index is 9.42. The third-order valence-electron chi connectivity index (χ3n) is 3.25. The topological polar surface area (TPSA) is 58.1 Å². The number of unbranched alkanes of at least 4 members (excludes halogenated alkanes) is 1. The van der Waals surface area contributed by atoms with Gasteiger partial charge in [-0.05, 0) is 24.1 Å². The highest BCUT2D eigenvalue weighted by molar-refractivity contribution is 7.98. The quantitative estimate of drug-likeness (QED) is 0.732. The lowest BCUT2D eigenvalue weighted by molar-refractivity contribution is 0.274. The minimum atomic E-state index is 0.00404. The highest BCUT2D eigenvalue weighted by Crippen LogP contribution is 2.26. The van der Waals surface area contributed by atoms with E-state index in [1.54, 1.807) is 18.9 Å². The number of nitrogens with one attached hydrogen (secondary N) is 1. The first kappa shape index (κ1) is 15.9. The molecule has 0 saturated carbocycles. The summed E-state index contributed by atoms with van der Waals surface area (Å²) in [6.45, 7) is 2.17. The Morgan fingerprint density at radius 1 is 1.29 bits per heavy atom. The molecule has 0 radical (unpaired) electrons. The smallest absolute Gasteiger partial charge is 0.120 e. The lowest BCUT2D eigenvalue weighted by atomic mass is 10.2. The minimum Gasteiger partial charge on any atom is -0.497 e. The molecule has 0 bridgehead atoms. The molecule has 4 nitrogen and oxygen atoms in total. The third kappa shape index (κ3) is 4.51. The van der Waals surface area contributed by atoms with Crippen molar-refractivity contribution in [3.8, 4) is 5.75 Å². The number of nitrogens with zero attached hydrogens (tertiary/aromatic N) is 1. The molecule has 0 aliphatic carbocycles. The zero-order chi connectivity index (χ0) is 15.1. The van der Waals surface area contributed by atoms with E-state index in [-0.39, 0.29) is 6.61 Å². The molecule has 1 heterocycles. The molecule has 0 unspecified atom stereocenters. The van der Waals surface area contributed by atoms with E-state index in [0.717, 1.165) is 47.3 Å². The van der Waals surface area contributed by atoms with Gasteiger partial charge in [-0.1, -0.05) is 37.2 Å². The first-order chi connectivity index (χ1) is 10.3. The van der Waals surface area contributed by atoms with Crippen molar-refractivity contribution in [3.63, 3.8) is 0 Å². The monoisotopic (exact) mass is 306 g/mol. The fourth-order valence-electron chi connectivity index (χ4n) is 2.01. The molecule has 21 heavy (non-hydrogen) atoms. The number of rotatable bonds is 8. The maximum atomic E-state index is 9.42. The Kier molecular flexibility index (Phi) is 6.14. The Bertz CT molecular complexity index is 552. The second-order valence-corrected chi connectivity index (χ2v) is 5.83. The zero-order valence-corrected chi connectivity index (χ0v) is 13.4. The molecule has 1 aromatic carbocycles. The van der Waals surface area contributed by atoms with E-state index in [2.05, 4.69) is 29.0 Å². The fraction of sp³-hybridized carbons (Fsp3) is 0.438. The number of hydrogen-bond acceptors (Lipinski definition) is 4. The van der Waals surface area contributed by atoms with Gasteiger partial charge in [0.05, 0.1) is 19.4 Å². The van der Waals surface area contributed by atoms with Gasteiger partial charge in [0.25, 0.3) is 0 Å². The number of hydrogen-bond donors (Lipinski definition) is 2. The van der Waals surface area contributed by atoms with Crippen molar-refractivity contribution in [2.45, 2.75) is 43.6 Å². The van der Waals surface area contributed by atoms with E-state index in [4.69, 9.17) is 4.74 Å². The number of aromatic amines is 1. The van der Waals surface area contributed by atoms with Crippen LogP contribution in [0.3, 0.4) is 0 Å². The predicted octanol–water partition coefficient (Wildman–Crippen LogP) is 3.55. The number of aromatic nitrogens is 2. The average Bonchev–Trinajstić information content (AvgIpc) is 2.93. The van der Waals surface area contributed by atoms with Gasteiger partial charge >= 0.3 is 0 Å². The molecular weight excluding hydrogens is 284 g/mol. The number of methoxy groups -OCH3 is 1. The number of thioether (sulfide) groups is 1. The van der Waals surface area contributed by atoms with E-state index in [1.165, 1.54) is 5.56 Å². The molecule has 0 aliphatic heterocycles. The predicted molar refractivity (Wildman–Crippen MR) is 85.7 cm³/mol. The van der Waals surface area contributed by atoms with Gasteiger partial charge in [0, 0.05) is 12.2 Å². The zero-order valence-electron chi connectivity index (χ0n) is 12.6. The highest BCUT2D eigenvalue weighted by Gasteiger charge is 2.10. The van der Waals surface area contributed by atoms with Crippen molar-refractivity contribution >= 4 is 11.8 Å². The molecule has 2 N–H and O–H groups in total. The first-order valence-corrected chi connectivity index (χ1v) is 8.19. The van der Waals surface area contributed by atoms with E-state index in [9.17, 15) is 5.11 Å². The number of aliphatic hydroxyl groups excluding tert-OH is 1. The molecule has 2 rings (SSSR count). The van der Waals surface area contributed by atoms with Crippen molar-refractivity contribution in [3.05, 3.63) is 41.3 Å². The molecule has 0 atom stereocenters. The largest absolute Gasteiger partial charge is 0.497 e. The van der Waals surface area contributed by atoms with Crippen LogP contribution in [0.2, 0.25) is 0 Å². The molecule has 0 spiro atoms. The van der Waals surface area contributed by atoms with Gasteiger partial charge in [-0.25, -0.2) is 4.98 Å². The number of imidazole rings is 1. The van der Waals surface area contributed by atoms with E-state index in [1.807, 2.05) is 12.1 Å². The van der Waals surface area contributed by atoms with Crippen LogP contribution in [0.25, 0.3) is 0 Å². The van der Waals surface area contributed by atoms with Gasteiger partial charge in [0.1, 0.15) is 16.6 Å². The van der Waals surface area contributed by atoms with Gasteiger partial charge in [0.15, 0.2) is 0 Å². The molecule has 0 aliphatic rings. The molecule has 0 amide bonds. The first-order valence-electron chi connectivity index (χ1n) is 7.21. The summed E-state index contributed by atoms with van der Waals surface area (Å²) in [6.07, 6.45) is 3.19. The van der Waals surface area contributed by atoms with E-state index in [0.29, 0.717) is 0 Å². The molecule has 0 saturated heterocycles. The second-order valence-electron chi connectivity index (χ2n) is 4.87. The normalized spacial score (nSPS) is 10.8. The van der Waals surface area contributed by atoms with Crippen LogP contribution < -0.4 is 4.74 Å². The third-order valence-corrected chi connectivity index (χ3v) is 4.34. The average molecular weight is 306 g/mol. The van der Waals surface area contributed by atoms with E-state index >= 15 is 0 Å². The molecule has 1 aromatic heterocycles. The molecule has 2 aromatic rings. The van der Waals surface area contributed by atoms with Crippen LogP contribution in [0.5, 0.6) is 5.75 Å². The summed E-state index contributed by atoms with van der Waals surface area (Å²) in [6, 6.07) is 8.02. The number of H-pyrrole nitrogens is 1. The summed E-state index contributed by atoms with van der Waals surface area (Å²) in [4.78, 5) is 7.81. The molecule has 114 valence electrons. The summed E-state index contributed by atoms with van der Waals surface area (Å²) in [7, 11) is 1.67. The van der Waals surface area contributed by atoms with Crippen molar-refractivity contribution in [2.24, 2.45) is 0 Å². The van der Waals surface area contributed by atoms with Gasteiger partial charge in [-0.15, -0.1) is 0 Å². The van der Waals surface area contributed by atoms with Gasteiger partial charge < -0.3 is 14.8 Å². The SMILES string of the molecule is CCCCc1nc(SCc2ccc(OC)cc2)c(CO)[nH]1. The van der Waals surface area contributed by atoms with Crippen molar-refractivity contribution in [2.75, 3.05) is 7.11 Å².